The van der Waals surface area contributed by atoms with E-state index in [1.54, 1.807) is 11.3 Å². The quantitative estimate of drug-likeness (QED) is 0.657. The molecule has 0 saturated carbocycles. The Kier molecular flexibility index (Phi) is 4.75. The van der Waals surface area contributed by atoms with Gasteiger partial charge in [-0.05, 0) is 34.5 Å². The lowest BCUT2D eigenvalue weighted by atomic mass is 10.0. The van der Waals surface area contributed by atoms with Crippen LogP contribution in [-0.2, 0) is 6.42 Å². The van der Waals surface area contributed by atoms with Crippen LogP contribution in [0.4, 0.5) is 0 Å². The van der Waals surface area contributed by atoms with Gasteiger partial charge in [-0.1, -0.05) is 23.7 Å². The lowest BCUT2D eigenvalue weighted by Crippen LogP contribution is -2.29. The number of nitrogens with zero attached hydrogens (tertiary/aromatic N) is 1. The molecule has 3 N–H and O–H groups in total. The highest BCUT2D eigenvalue weighted by molar-refractivity contribution is 9.10. The van der Waals surface area contributed by atoms with Gasteiger partial charge in [0.15, 0.2) is 0 Å². The van der Waals surface area contributed by atoms with E-state index in [2.05, 4.69) is 26.3 Å². The van der Waals surface area contributed by atoms with Gasteiger partial charge in [0.1, 0.15) is 0 Å². The van der Waals surface area contributed by atoms with Crippen molar-refractivity contribution < 1.29 is 0 Å². The zero-order valence-corrected chi connectivity index (χ0v) is 12.9. The number of aryl methyl sites for hydroxylation is 1. The van der Waals surface area contributed by atoms with Gasteiger partial charge in [-0.3, -0.25) is 11.3 Å². The molecule has 1 aromatic heterocycles. The molecule has 0 fully saturated rings. The minimum absolute atomic E-state index is 0.0412. The van der Waals surface area contributed by atoms with E-state index < -0.39 is 0 Å². The van der Waals surface area contributed by atoms with Crippen LogP contribution in [-0.4, -0.2) is 4.98 Å². The van der Waals surface area contributed by atoms with Gasteiger partial charge in [-0.2, -0.15) is 0 Å². The molecule has 1 heterocycles. The predicted octanol–water partition coefficient (Wildman–Crippen LogP) is 3.61. The Morgan fingerprint density at radius 1 is 1.56 bits per heavy atom. The molecule has 3 nitrogen and oxygen atoms in total. The molecule has 0 bridgehead atoms. The molecule has 0 aliphatic carbocycles. The van der Waals surface area contributed by atoms with Gasteiger partial charge < -0.3 is 0 Å². The van der Waals surface area contributed by atoms with E-state index >= 15 is 0 Å². The van der Waals surface area contributed by atoms with Gasteiger partial charge in [0.2, 0.25) is 0 Å². The topological polar surface area (TPSA) is 50.9 Å². The summed E-state index contributed by atoms with van der Waals surface area (Å²) in [6, 6.07) is 5.79. The lowest BCUT2D eigenvalue weighted by molar-refractivity contribution is 0.550. The van der Waals surface area contributed by atoms with Crippen molar-refractivity contribution in [2.45, 2.75) is 19.4 Å². The first-order chi connectivity index (χ1) is 8.61. The fraction of sp³-hybridized carbons (Fsp3) is 0.250. The minimum atomic E-state index is -0.0412. The molecule has 0 spiro atoms. The number of hydrazine groups is 1. The van der Waals surface area contributed by atoms with Gasteiger partial charge in [0, 0.05) is 22.0 Å². The highest BCUT2D eigenvalue weighted by atomic mass is 79.9. The van der Waals surface area contributed by atoms with Crippen LogP contribution < -0.4 is 11.3 Å². The number of rotatable bonds is 4. The number of benzene rings is 1. The van der Waals surface area contributed by atoms with Crippen molar-refractivity contribution >= 4 is 38.9 Å². The summed E-state index contributed by atoms with van der Waals surface area (Å²) in [5, 5.41) is 3.77. The monoisotopic (exact) mass is 345 g/mol. The first-order valence-corrected chi connectivity index (χ1v) is 7.48. The normalized spacial score (nSPS) is 12.7. The van der Waals surface area contributed by atoms with E-state index in [0.29, 0.717) is 5.02 Å². The molecule has 0 aliphatic heterocycles. The van der Waals surface area contributed by atoms with Crippen molar-refractivity contribution in [3.8, 4) is 0 Å². The van der Waals surface area contributed by atoms with Gasteiger partial charge >= 0.3 is 0 Å². The van der Waals surface area contributed by atoms with E-state index in [4.69, 9.17) is 17.4 Å². The van der Waals surface area contributed by atoms with Crippen LogP contribution in [0, 0.1) is 6.92 Å². The van der Waals surface area contributed by atoms with Crippen molar-refractivity contribution in [2.24, 2.45) is 5.84 Å². The molecule has 2 aromatic rings. The smallest absolute Gasteiger partial charge is 0.0947 e. The van der Waals surface area contributed by atoms with Gasteiger partial charge in [-0.25, -0.2) is 4.98 Å². The molecule has 0 saturated heterocycles. The first-order valence-electron chi connectivity index (χ1n) is 5.43. The predicted molar refractivity (Wildman–Crippen MR) is 79.8 cm³/mol. The van der Waals surface area contributed by atoms with Crippen molar-refractivity contribution in [3.63, 3.8) is 0 Å². The van der Waals surface area contributed by atoms with Crippen molar-refractivity contribution in [1.29, 1.82) is 0 Å². The maximum Gasteiger partial charge on any atom is 0.0947 e. The molecule has 96 valence electrons. The van der Waals surface area contributed by atoms with E-state index in [9.17, 15) is 0 Å². The fourth-order valence-electron chi connectivity index (χ4n) is 1.72. The summed E-state index contributed by atoms with van der Waals surface area (Å²) in [6.45, 7) is 1.98. The van der Waals surface area contributed by atoms with E-state index in [-0.39, 0.29) is 6.04 Å². The summed E-state index contributed by atoms with van der Waals surface area (Å²) < 4.78 is 0.872. The molecule has 1 unspecified atom stereocenters. The van der Waals surface area contributed by atoms with Crippen LogP contribution in [0.15, 0.2) is 28.1 Å². The lowest BCUT2D eigenvalue weighted by Gasteiger charge is -2.17. The Morgan fingerprint density at radius 3 is 2.94 bits per heavy atom. The summed E-state index contributed by atoms with van der Waals surface area (Å²) >= 11 is 11.3. The van der Waals surface area contributed by atoms with E-state index in [0.717, 1.165) is 27.2 Å². The highest BCUT2D eigenvalue weighted by Crippen LogP contribution is 2.31. The molecule has 1 aromatic carbocycles. The maximum absolute atomic E-state index is 6.28. The average Bonchev–Trinajstić information content (AvgIpc) is 2.76. The number of halogens is 2. The van der Waals surface area contributed by atoms with Crippen LogP contribution in [0.5, 0.6) is 0 Å². The second kappa shape index (κ2) is 6.12. The van der Waals surface area contributed by atoms with Crippen LogP contribution in [0.25, 0.3) is 0 Å². The molecule has 1 atom stereocenters. The van der Waals surface area contributed by atoms with Crippen molar-refractivity contribution in [1.82, 2.24) is 10.4 Å². The summed E-state index contributed by atoms with van der Waals surface area (Å²) in [7, 11) is 0. The van der Waals surface area contributed by atoms with Crippen molar-refractivity contribution in [3.05, 3.63) is 49.3 Å². The van der Waals surface area contributed by atoms with Crippen LogP contribution >= 0.6 is 38.9 Å². The second-order valence-corrected chi connectivity index (χ2v) is 6.12. The van der Waals surface area contributed by atoms with E-state index in [1.807, 2.05) is 30.5 Å². The Bertz CT molecular complexity index is 544. The number of nitrogens with two attached hydrogens (primary N) is 1. The fourth-order valence-corrected chi connectivity index (χ4v) is 3.18. The zero-order chi connectivity index (χ0) is 13.1. The molecule has 18 heavy (non-hydrogen) atoms. The zero-order valence-electron chi connectivity index (χ0n) is 9.78. The number of thiazole rings is 1. The highest BCUT2D eigenvalue weighted by Gasteiger charge is 2.16. The number of aromatic nitrogens is 1. The third kappa shape index (κ3) is 3.10. The summed E-state index contributed by atoms with van der Waals surface area (Å²) in [5.74, 6) is 5.63. The summed E-state index contributed by atoms with van der Waals surface area (Å²) in [5.41, 5.74) is 4.81. The molecule has 6 heteroatoms. The summed E-state index contributed by atoms with van der Waals surface area (Å²) in [6.07, 6.45) is 0.727. The molecule has 0 radical (unpaired) electrons. The largest absolute Gasteiger partial charge is 0.271 e. The number of hydrogen-bond donors (Lipinski definition) is 2. The number of nitrogens with one attached hydrogen (secondary N) is 1. The standard InChI is InChI=1S/C12H13BrClN3S/c1-7-6-18-11(16-7)5-10(17-15)8-3-2-4-9(13)12(8)14/h2-4,6,10,17H,5,15H2,1H3. The maximum atomic E-state index is 6.28. The molecular weight excluding hydrogens is 334 g/mol. The second-order valence-electron chi connectivity index (χ2n) is 3.95. The Labute approximate surface area is 123 Å². The Morgan fingerprint density at radius 2 is 2.33 bits per heavy atom. The SMILES string of the molecule is Cc1csc(CC(NN)c2cccc(Br)c2Cl)n1. The minimum Gasteiger partial charge on any atom is -0.271 e. The van der Waals surface area contributed by atoms with Crippen LogP contribution in [0.1, 0.15) is 22.3 Å². The summed E-state index contributed by atoms with van der Waals surface area (Å²) in [4.78, 5) is 4.44. The third-order valence-electron chi connectivity index (χ3n) is 2.60. The van der Waals surface area contributed by atoms with Crippen LogP contribution in [0.2, 0.25) is 5.02 Å². The van der Waals surface area contributed by atoms with Gasteiger partial charge in [0.25, 0.3) is 0 Å². The molecular formula is C12H13BrClN3S. The Hall–Kier alpha value is -0.460. The molecule has 0 amide bonds. The number of hydrogen-bond acceptors (Lipinski definition) is 4. The first kappa shape index (κ1) is 14.0. The van der Waals surface area contributed by atoms with Gasteiger partial charge in [0.05, 0.1) is 16.1 Å². The average molecular weight is 347 g/mol. The van der Waals surface area contributed by atoms with Crippen molar-refractivity contribution in [2.75, 3.05) is 0 Å². The third-order valence-corrected chi connectivity index (χ3v) is 4.90. The van der Waals surface area contributed by atoms with Crippen LogP contribution in [0.3, 0.4) is 0 Å². The van der Waals surface area contributed by atoms with Gasteiger partial charge in [-0.15, -0.1) is 11.3 Å². The van der Waals surface area contributed by atoms with E-state index in [1.165, 1.54) is 0 Å². The molecule has 0 aliphatic rings. The Balaban J connectivity index is 2.25. The molecule has 2 rings (SSSR count).